The summed E-state index contributed by atoms with van der Waals surface area (Å²) in [6.45, 7) is 22.9. The molecule has 0 aromatic carbocycles. The zero-order valence-electron chi connectivity index (χ0n) is 25.1. The first kappa shape index (κ1) is 28.6. The quantitative estimate of drug-likeness (QED) is 0.345. The summed E-state index contributed by atoms with van der Waals surface area (Å²) in [6, 6.07) is 2.80. The Morgan fingerprint density at radius 2 is 1.50 bits per heavy atom. The van der Waals surface area contributed by atoms with Crippen molar-refractivity contribution in [3.8, 4) is 6.07 Å². The molecule has 9 atom stereocenters. The van der Waals surface area contributed by atoms with Crippen LogP contribution in [0.4, 0.5) is 0 Å². The fraction of sp³-hybridized carbons (Fsp3) is 0.969. The highest BCUT2D eigenvalue weighted by molar-refractivity contribution is 6.77. The van der Waals surface area contributed by atoms with Crippen LogP contribution in [0.2, 0.25) is 16.6 Å². The number of fused-ring (bicyclic) bond motifs is 5. The fourth-order valence-electron chi connectivity index (χ4n) is 11.4. The van der Waals surface area contributed by atoms with Crippen LogP contribution in [-0.2, 0) is 4.43 Å². The number of nitriles is 1. The maximum Gasteiger partial charge on any atom is 0.200 e. The second kappa shape index (κ2) is 9.98. The molecule has 0 aliphatic heterocycles. The molecule has 3 nitrogen and oxygen atoms in total. The van der Waals surface area contributed by atoms with Gasteiger partial charge in [-0.1, -0.05) is 62.3 Å². The number of hydrogen-bond donors (Lipinski definition) is 1. The van der Waals surface area contributed by atoms with Gasteiger partial charge in [-0.3, -0.25) is 0 Å². The van der Waals surface area contributed by atoms with E-state index in [4.69, 9.17) is 4.43 Å². The monoisotopic (exact) mass is 515 g/mol. The van der Waals surface area contributed by atoms with Crippen LogP contribution in [0.3, 0.4) is 0 Å². The van der Waals surface area contributed by atoms with Gasteiger partial charge in [0.1, 0.15) is 0 Å². The molecule has 1 N–H and O–H groups in total. The Balaban J connectivity index is 1.52. The molecule has 4 aliphatic carbocycles. The minimum Gasteiger partial charge on any atom is -0.416 e. The van der Waals surface area contributed by atoms with Crippen molar-refractivity contribution in [2.45, 2.75) is 143 Å². The summed E-state index contributed by atoms with van der Waals surface area (Å²) < 4.78 is 7.12. The molecule has 0 spiro atoms. The van der Waals surface area contributed by atoms with Crippen LogP contribution in [0.15, 0.2) is 0 Å². The molecule has 0 heterocycles. The highest BCUT2D eigenvalue weighted by atomic mass is 28.4. The van der Waals surface area contributed by atoms with Gasteiger partial charge in [-0.2, -0.15) is 5.26 Å². The second-order valence-corrected chi connectivity index (χ2v) is 20.7. The van der Waals surface area contributed by atoms with Gasteiger partial charge in [-0.15, -0.1) is 0 Å². The topological polar surface area (TPSA) is 53.2 Å². The van der Waals surface area contributed by atoms with Crippen LogP contribution in [0, 0.1) is 57.2 Å². The lowest BCUT2D eigenvalue weighted by Gasteiger charge is -2.63. The fourth-order valence-corrected chi connectivity index (χ4v) is 16.9. The number of nitrogens with zero attached hydrogens (tertiary/aromatic N) is 1. The van der Waals surface area contributed by atoms with Crippen molar-refractivity contribution < 1.29 is 9.53 Å². The smallest absolute Gasteiger partial charge is 0.200 e. The third-order valence-electron chi connectivity index (χ3n) is 13.1. The average molecular weight is 516 g/mol. The van der Waals surface area contributed by atoms with Crippen LogP contribution in [-0.4, -0.2) is 26.1 Å². The lowest BCUT2D eigenvalue weighted by atomic mass is 9.40. The highest BCUT2D eigenvalue weighted by Crippen LogP contribution is 2.71. The summed E-state index contributed by atoms with van der Waals surface area (Å²) in [4.78, 5) is 0. The molecule has 4 saturated carbocycles. The third-order valence-corrected chi connectivity index (χ3v) is 19.2. The van der Waals surface area contributed by atoms with Crippen LogP contribution >= 0.6 is 0 Å². The van der Waals surface area contributed by atoms with Crippen LogP contribution in [0.25, 0.3) is 0 Å². The second-order valence-electron chi connectivity index (χ2n) is 15.3. The molecule has 206 valence electrons. The molecule has 4 heteroatoms. The summed E-state index contributed by atoms with van der Waals surface area (Å²) in [5, 5.41) is 20.9. The van der Waals surface area contributed by atoms with E-state index in [1.54, 1.807) is 0 Å². The molecule has 4 aliphatic rings. The van der Waals surface area contributed by atoms with Gasteiger partial charge in [0.25, 0.3) is 0 Å². The average Bonchev–Trinajstić information content (AvgIpc) is 3.16. The Bertz CT molecular complexity index is 813. The van der Waals surface area contributed by atoms with Gasteiger partial charge in [0, 0.05) is 6.61 Å². The summed E-state index contributed by atoms with van der Waals surface area (Å²) in [5.41, 5.74) is 2.11. The molecule has 0 radical (unpaired) electrons. The maximum atomic E-state index is 10.5. The van der Waals surface area contributed by atoms with Gasteiger partial charge in [0.2, 0.25) is 0 Å². The number of rotatable bonds is 7. The number of aliphatic hydroxyl groups excluding tert-OH is 1. The first-order chi connectivity index (χ1) is 16.8. The molecule has 0 saturated heterocycles. The molecule has 0 bridgehead atoms. The van der Waals surface area contributed by atoms with E-state index >= 15 is 0 Å². The van der Waals surface area contributed by atoms with Crippen molar-refractivity contribution in [3.63, 3.8) is 0 Å². The minimum atomic E-state index is -1.84. The lowest BCUT2D eigenvalue weighted by Crippen LogP contribution is -2.59. The van der Waals surface area contributed by atoms with E-state index in [-0.39, 0.29) is 16.9 Å². The van der Waals surface area contributed by atoms with E-state index in [1.165, 1.54) is 32.1 Å². The molecular weight excluding hydrogens is 458 g/mol. The molecule has 0 amide bonds. The van der Waals surface area contributed by atoms with E-state index < -0.39 is 8.32 Å². The molecule has 4 rings (SSSR count). The van der Waals surface area contributed by atoms with Crippen molar-refractivity contribution in [2.24, 2.45) is 45.8 Å². The van der Waals surface area contributed by atoms with Crippen molar-refractivity contribution in [3.05, 3.63) is 0 Å². The predicted octanol–water partition coefficient (Wildman–Crippen LogP) is 8.73. The van der Waals surface area contributed by atoms with Crippen molar-refractivity contribution in [1.29, 1.82) is 5.26 Å². The van der Waals surface area contributed by atoms with Gasteiger partial charge in [0.15, 0.2) is 8.32 Å². The van der Waals surface area contributed by atoms with Gasteiger partial charge in [-0.25, -0.2) is 0 Å². The molecule has 0 aromatic rings. The van der Waals surface area contributed by atoms with E-state index in [0.29, 0.717) is 40.3 Å². The molecular formula is C32H57NO2Si. The number of hydrogen-bond acceptors (Lipinski definition) is 3. The molecule has 2 unspecified atom stereocenters. The predicted molar refractivity (Wildman–Crippen MR) is 152 cm³/mol. The Morgan fingerprint density at radius 3 is 2.08 bits per heavy atom. The van der Waals surface area contributed by atoms with Crippen molar-refractivity contribution in [2.75, 3.05) is 6.61 Å². The van der Waals surface area contributed by atoms with Gasteiger partial charge >= 0.3 is 0 Å². The van der Waals surface area contributed by atoms with Crippen LogP contribution in [0.1, 0.15) is 120 Å². The van der Waals surface area contributed by atoms with Gasteiger partial charge in [-0.05, 0) is 115 Å². The normalized spacial score (nSPS) is 43.7. The van der Waals surface area contributed by atoms with Crippen LogP contribution in [0.5, 0.6) is 0 Å². The molecule has 0 aromatic heterocycles. The highest BCUT2D eigenvalue weighted by Gasteiger charge is 2.65. The molecule has 4 fully saturated rings. The first-order valence-corrected chi connectivity index (χ1v) is 17.7. The van der Waals surface area contributed by atoms with Gasteiger partial charge < -0.3 is 9.53 Å². The van der Waals surface area contributed by atoms with E-state index in [9.17, 15) is 10.4 Å². The van der Waals surface area contributed by atoms with Crippen molar-refractivity contribution in [1.82, 2.24) is 0 Å². The van der Waals surface area contributed by atoms with Crippen LogP contribution < -0.4 is 0 Å². The van der Waals surface area contributed by atoms with Crippen molar-refractivity contribution >= 4 is 8.32 Å². The standard InChI is InChI=1S/C32H57NO2Si/c1-21(2)36(22(3)4,23(5)6)35-19-24(7)27-10-11-28-26-13-17-32(20-33)18-25(34)12-16-31(32,9)29(26)14-15-30(27,28)8/h21-29,34H,10-19H2,1-9H3/t24-,25?,26+,27-,28+,29+,30-,31-,32?/m1/s1. The van der Waals surface area contributed by atoms with Gasteiger partial charge in [0.05, 0.1) is 17.6 Å². The Morgan fingerprint density at radius 1 is 0.861 bits per heavy atom. The largest absolute Gasteiger partial charge is 0.416 e. The summed E-state index contributed by atoms with van der Waals surface area (Å²) in [5.74, 6) is 3.59. The number of aliphatic hydroxyl groups is 1. The summed E-state index contributed by atoms with van der Waals surface area (Å²) in [7, 11) is -1.84. The molecule has 36 heavy (non-hydrogen) atoms. The summed E-state index contributed by atoms with van der Waals surface area (Å²) >= 11 is 0. The lowest BCUT2D eigenvalue weighted by molar-refractivity contribution is -0.156. The third kappa shape index (κ3) is 4.08. The maximum absolute atomic E-state index is 10.5. The SMILES string of the molecule is CC(C)[Si](OC[C@@H](C)[C@H]1CC[C@H]2[C@@H]3CCC4(C#N)CC(O)CC[C@]4(C)[C@H]3CC[C@]12C)(C(C)C)C(C)C. The zero-order valence-corrected chi connectivity index (χ0v) is 26.1. The summed E-state index contributed by atoms with van der Waals surface area (Å²) in [6.07, 6.45) is 9.85. The van der Waals surface area contributed by atoms with E-state index in [1.807, 2.05) is 0 Å². The zero-order chi connectivity index (χ0) is 26.7. The first-order valence-electron chi connectivity index (χ1n) is 15.5. The Labute approximate surface area is 224 Å². The Kier molecular flexibility index (Phi) is 7.94. The van der Waals surface area contributed by atoms with E-state index in [0.717, 1.165) is 43.6 Å². The van der Waals surface area contributed by atoms with E-state index in [2.05, 4.69) is 68.4 Å². The Hall–Kier alpha value is -0.373. The minimum absolute atomic E-state index is 0.0784.